The third-order valence-electron chi connectivity index (χ3n) is 4.00. The summed E-state index contributed by atoms with van der Waals surface area (Å²) in [6, 6.07) is 0.339. The van der Waals surface area contributed by atoms with Crippen LogP contribution in [0, 0.1) is 11.8 Å². The van der Waals surface area contributed by atoms with E-state index in [1.54, 1.807) is 0 Å². The van der Waals surface area contributed by atoms with Crippen molar-refractivity contribution in [3.8, 4) is 0 Å². The molecule has 0 radical (unpaired) electrons. The number of nitrogens with zero attached hydrogens (tertiary/aromatic N) is 1. The quantitative estimate of drug-likeness (QED) is 0.693. The van der Waals surface area contributed by atoms with Crippen LogP contribution in [-0.2, 0) is 4.79 Å². The molecular formula is C16H31NO. The summed E-state index contributed by atoms with van der Waals surface area (Å²) in [4.78, 5) is 14.4. The number of hydrogen-bond donors (Lipinski definition) is 0. The van der Waals surface area contributed by atoms with Crippen molar-refractivity contribution in [2.45, 2.75) is 78.7 Å². The number of hydrogen-bond acceptors (Lipinski definition) is 1. The topological polar surface area (TPSA) is 20.3 Å². The molecule has 0 heterocycles. The molecule has 106 valence electrons. The molecule has 1 amide bonds. The molecule has 0 aliphatic heterocycles. The van der Waals surface area contributed by atoms with Crippen LogP contribution in [0.4, 0.5) is 0 Å². The summed E-state index contributed by atoms with van der Waals surface area (Å²) in [5, 5.41) is 0. The Hall–Kier alpha value is -0.530. The predicted molar refractivity (Wildman–Crippen MR) is 77.5 cm³/mol. The van der Waals surface area contributed by atoms with E-state index in [9.17, 15) is 4.79 Å². The van der Waals surface area contributed by atoms with Gasteiger partial charge in [0.2, 0.25) is 5.91 Å². The molecule has 0 saturated heterocycles. The fourth-order valence-electron chi connectivity index (χ4n) is 2.94. The Balaban J connectivity index is 2.35. The number of rotatable bonds is 6. The Morgan fingerprint density at radius 1 is 1.11 bits per heavy atom. The molecule has 1 aliphatic carbocycles. The van der Waals surface area contributed by atoms with Gasteiger partial charge in [-0.05, 0) is 32.1 Å². The molecule has 1 fully saturated rings. The molecule has 0 aromatic heterocycles. The first kappa shape index (κ1) is 15.5. The van der Waals surface area contributed by atoms with Gasteiger partial charge in [-0.25, -0.2) is 0 Å². The van der Waals surface area contributed by atoms with Gasteiger partial charge in [0, 0.05) is 19.0 Å². The Kier molecular flexibility index (Phi) is 6.73. The normalized spacial score (nSPS) is 17.4. The van der Waals surface area contributed by atoms with Gasteiger partial charge in [-0.15, -0.1) is 0 Å². The van der Waals surface area contributed by atoms with Gasteiger partial charge in [0.05, 0.1) is 0 Å². The highest BCUT2D eigenvalue weighted by Gasteiger charge is 2.20. The zero-order valence-corrected chi connectivity index (χ0v) is 12.7. The smallest absolute Gasteiger partial charge is 0.222 e. The van der Waals surface area contributed by atoms with E-state index in [4.69, 9.17) is 0 Å². The van der Waals surface area contributed by atoms with Crippen molar-refractivity contribution >= 4 is 5.91 Å². The van der Waals surface area contributed by atoms with Crippen LogP contribution in [0.2, 0.25) is 0 Å². The molecule has 0 bridgehead atoms. The number of carbonyl (C=O) groups is 1. The zero-order valence-electron chi connectivity index (χ0n) is 12.7. The lowest BCUT2D eigenvalue weighted by Gasteiger charge is -2.29. The molecule has 1 saturated carbocycles. The molecule has 2 heteroatoms. The monoisotopic (exact) mass is 253 g/mol. The molecule has 0 N–H and O–H groups in total. The van der Waals surface area contributed by atoms with Gasteiger partial charge in [-0.3, -0.25) is 4.79 Å². The molecule has 0 atom stereocenters. The fourth-order valence-corrected chi connectivity index (χ4v) is 2.94. The molecule has 2 nitrogen and oxygen atoms in total. The highest BCUT2D eigenvalue weighted by Crippen LogP contribution is 2.27. The maximum Gasteiger partial charge on any atom is 0.222 e. The average Bonchev–Trinajstić information content (AvgIpc) is 2.34. The Bertz CT molecular complexity index is 241. The lowest BCUT2D eigenvalue weighted by atomic mass is 9.86. The second-order valence-electron chi connectivity index (χ2n) is 6.58. The average molecular weight is 253 g/mol. The largest absolute Gasteiger partial charge is 0.340 e. The van der Waals surface area contributed by atoms with E-state index in [0.717, 1.165) is 25.3 Å². The summed E-state index contributed by atoms with van der Waals surface area (Å²) >= 11 is 0. The minimum absolute atomic E-state index is 0.339. The van der Waals surface area contributed by atoms with Gasteiger partial charge in [-0.1, -0.05) is 46.0 Å². The SMILES string of the molecule is CC(C)CN(C(=O)CCC1CCCCC1)C(C)C. The van der Waals surface area contributed by atoms with E-state index >= 15 is 0 Å². The second-order valence-corrected chi connectivity index (χ2v) is 6.58. The maximum atomic E-state index is 12.3. The lowest BCUT2D eigenvalue weighted by molar-refractivity contribution is -0.133. The lowest BCUT2D eigenvalue weighted by Crippen LogP contribution is -2.39. The summed E-state index contributed by atoms with van der Waals surface area (Å²) < 4.78 is 0. The predicted octanol–water partition coefficient (Wildman–Crippen LogP) is 4.24. The van der Waals surface area contributed by atoms with Crippen molar-refractivity contribution in [2.75, 3.05) is 6.54 Å². The number of carbonyl (C=O) groups excluding carboxylic acids is 1. The zero-order chi connectivity index (χ0) is 13.5. The highest BCUT2D eigenvalue weighted by atomic mass is 16.2. The summed E-state index contributed by atoms with van der Waals surface area (Å²) in [7, 11) is 0. The summed E-state index contributed by atoms with van der Waals surface area (Å²) in [5.41, 5.74) is 0. The van der Waals surface area contributed by atoms with E-state index in [0.29, 0.717) is 17.9 Å². The summed E-state index contributed by atoms with van der Waals surface area (Å²) in [5.74, 6) is 1.74. The van der Waals surface area contributed by atoms with Crippen LogP contribution in [0.1, 0.15) is 72.6 Å². The van der Waals surface area contributed by atoms with Crippen molar-refractivity contribution in [3.05, 3.63) is 0 Å². The second kappa shape index (κ2) is 7.81. The molecule has 1 rings (SSSR count). The van der Waals surface area contributed by atoms with Gasteiger partial charge in [0.25, 0.3) is 0 Å². The van der Waals surface area contributed by atoms with Crippen LogP contribution in [-0.4, -0.2) is 23.4 Å². The Morgan fingerprint density at radius 2 is 1.72 bits per heavy atom. The third-order valence-corrected chi connectivity index (χ3v) is 4.00. The first-order valence-electron chi connectivity index (χ1n) is 7.80. The van der Waals surface area contributed by atoms with Crippen LogP contribution in [0.15, 0.2) is 0 Å². The Labute approximate surface area is 113 Å². The number of amides is 1. The van der Waals surface area contributed by atoms with Crippen molar-refractivity contribution in [3.63, 3.8) is 0 Å². The van der Waals surface area contributed by atoms with E-state index in [-0.39, 0.29) is 0 Å². The summed E-state index contributed by atoms with van der Waals surface area (Å²) in [6.45, 7) is 9.52. The molecule has 18 heavy (non-hydrogen) atoms. The fraction of sp³-hybridized carbons (Fsp3) is 0.938. The molecular weight excluding hydrogens is 222 g/mol. The van der Waals surface area contributed by atoms with Gasteiger partial charge >= 0.3 is 0 Å². The van der Waals surface area contributed by atoms with E-state index in [2.05, 4.69) is 32.6 Å². The van der Waals surface area contributed by atoms with Gasteiger partial charge < -0.3 is 4.90 Å². The summed E-state index contributed by atoms with van der Waals surface area (Å²) in [6.07, 6.45) is 8.71. The van der Waals surface area contributed by atoms with Crippen LogP contribution >= 0.6 is 0 Å². The first-order valence-corrected chi connectivity index (χ1v) is 7.80. The third kappa shape index (κ3) is 5.41. The van der Waals surface area contributed by atoms with Crippen LogP contribution in [0.3, 0.4) is 0 Å². The van der Waals surface area contributed by atoms with Gasteiger partial charge in [0.15, 0.2) is 0 Å². The van der Waals surface area contributed by atoms with E-state index in [1.165, 1.54) is 32.1 Å². The maximum absolute atomic E-state index is 12.3. The minimum Gasteiger partial charge on any atom is -0.340 e. The minimum atomic E-state index is 0.339. The van der Waals surface area contributed by atoms with E-state index in [1.807, 2.05) is 0 Å². The highest BCUT2D eigenvalue weighted by molar-refractivity contribution is 5.76. The van der Waals surface area contributed by atoms with Crippen LogP contribution < -0.4 is 0 Å². The molecule has 0 aromatic rings. The van der Waals surface area contributed by atoms with Crippen LogP contribution in [0.5, 0.6) is 0 Å². The van der Waals surface area contributed by atoms with Crippen LogP contribution in [0.25, 0.3) is 0 Å². The first-order chi connectivity index (χ1) is 8.50. The Morgan fingerprint density at radius 3 is 2.22 bits per heavy atom. The van der Waals surface area contributed by atoms with Gasteiger partial charge in [0.1, 0.15) is 0 Å². The van der Waals surface area contributed by atoms with Crippen molar-refractivity contribution in [1.29, 1.82) is 0 Å². The molecule has 0 spiro atoms. The standard InChI is InChI=1S/C16H31NO/c1-13(2)12-17(14(3)4)16(18)11-10-15-8-6-5-7-9-15/h13-15H,5-12H2,1-4H3. The molecule has 1 aliphatic rings. The molecule has 0 unspecified atom stereocenters. The van der Waals surface area contributed by atoms with E-state index < -0.39 is 0 Å². The van der Waals surface area contributed by atoms with Crippen molar-refractivity contribution in [2.24, 2.45) is 11.8 Å². The van der Waals surface area contributed by atoms with Crippen molar-refractivity contribution < 1.29 is 4.79 Å². The van der Waals surface area contributed by atoms with Crippen molar-refractivity contribution in [1.82, 2.24) is 4.90 Å². The molecule has 0 aromatic carbocycles. The van der Waals surface area contributed by atoms with Gasteiger partial charge in [-0.2, -0.15) is 0 Å².